The molecule has 0 aliphatic rings. The number of nitrogens with zero attached hydrogens (tertiary/aromatic N) is 2. The van der Waals surface area contributed by atoms with Crippen LogP contribution in [0.4, 0.5) is 4.39 Å². The molecule has 1 aromatic carbocycles. The van der Waals surface area contributed by atoms with Crippen molar-refractivity contribution in [2.75, 3.05) is 13.3 Å². The van der Waals surface area contributed by atoms with E-state index in [4.69, 9.17) is 9.57 Å². The van der Waals surface area contributed by atoms with Crippen LogP contribution in [0.25, 0.3) is 10.9 Å². The first-order valence-electron chi connectivity index (χ1n) is 8.61. The fraction of sp³-hybridized carbons (Fsp3) is 0.421. The molecule has 2 aromatic rings. The molecule has 0 saturated carbocycles. The zero-order valence-electron chi connectivity index (χ0n) is 15.5. The lowest BCUT2D eigenvalue weighted by Gasteiger charge is -2.25. The Morgan fingerprint density at radius 3 is 2.93 bits per heavy atom. The normalized spacial score (nSPS) is 12.9. The monoisotopic (exact) mass is 439 g/mol. The van der Waals surface area contributed by atoms with Gasteiger partial charge in [0.25, 0.3) is 5.91 Å². The van der Waals surface area contributed by atoms with Crippen LogP contribution >= 0.6 is 15.9 Å². The average molecular weight is 440 g/mol. The van der Waals surface area contributed by atoms with Crippen LogP contribution in [0.2, 0.25) is 0 Å². The van der Waals surface area contributed by atoms with E-state index in [2.05, 4.69) is 31.4 Å². The van der Waals surface area contributed by atoms with Crippen LogP contribution in [0.1, 0.15) is 27.2 Å². The summed E-state index contributed by atoms with van der Waals surface area (Å²) in [5.41, 5.74) is 0.0798. The predicted molar refractivity (Wildman–Crippen MR) is 107 cm³/mol. The number of carbonyl (C=O) groups is 1. The SMILES string of the molecule is CCC(Oc1ccc2ncc(Br)cc2c1)C(=O)NC(C)(C)/C=N/OCCF. The molecule has 1 unspecified atom stereocenters. The number of benzene rings is 1. The van der Waals surface area contributed by atoms with Crippen LogP contribution in [0.15, 0.2) is 40.1 Å². The molecule has 0 aliphatic heterocycles. The Hall–Kier alpha value is -2.22. The van der Waals surface area contributed by atoms with E-state index in [0.29, 0.717) is 12.2 Å². The number of ether oxygens (including phenoxy) is 1. The Morgan fingerprint density at radius 2 is 2.22 bits per heavy atom. The first kappa shape index (κ1) is 21.1. The largest absolute Gasteiger partial charge is 0.481 e. The van der Waals surface area contributed by atoms with Gasteiger partial charge in [-0.15, -0.1) is 0 Å². The summed E-state index contributed by atoms with van der Waals surface area (Å²) < 4.78 is 18.8. The molecule has 1 N–H and O–H groups in total. The molecule has 0 bridgehead atoms. The maximum absolute atomic E-state index is 12.6. The molecular formula is C19H23BrFN3O3. The van der Waals surface area contributed by atoms with E-state index in [1.165, 1.54) is 6.21 Å². The van der Waals surface area contributed by atoms with Crippen molar-refractivity contribution in [2.45, 2.75) is 38.8 Å². The summed E-state index contributed by atoms with van der Waals surface area (Å²) in [5.74, 6) is 0.314. The fourth-order valence-electron chi connectivity index (χ4n) is 2.33. The molecule has 1 aromatic heterocycles. The highest BCUT2D eigenvalue weighted by Gasteiger charge is 2.25. The number of alkyl halides is 1. The first-order valence-corrected chi connectivity index (χ1v) is 9.40. The van der Waals surface area contributed by atoms with E-state index in [9.17, 15) is 9.18 Å². The number of pyridine rings is 1. The van der Waals surface area contributed by atoms with Crippen molar-refractivity contribution in [3.63, 3.8) is 0 Å². The number of rotatable bonds is 9. The maximum Gasteiger partial charge on any atom is 0.261 e. The second-order valence-corrected chi connectivity index (χ2v) is 7.41. The van der Waals surface area contributed by atoms with Gasteiger partial charge in [-0.3, -0.25) is 9.78 Å². The second-order valence-electron chi connectivity index (χ2n) is 6.49. The van der Waals surface area contributed by atoms with Gasteiger partial charge >= 0.3 is 0 Å². The van der Waals surface area contributed by atoms with Gasteiger partial charge in [-0.05, 0) is 60.5 Å². The van der Waals surface area contributed by atoms with Gasteiger partial charge in [0.2, 0.25) is 0 Å². The molecule has 1 amide bonds. The summed E-state index contributed by atoms with van der Waals surface area (Å²) in [7, 11) is 0. The van der Waals surface area contributed by atoms with Crippen molar-refractivity contribution in [1.82, 2.24) is 10.3 Å². The minimum atomic E-state index is -0.762. The van der Waals surface area contributed by atoms with E-state index in [-0.39, 0.29) is 12.5 Å². The Morgan fingerprint density at radius 1 is 1.44 bits per heavy atom. The van der Waals surface area contributed by atoms with E-state index >= 15 is 0 Å². The number of amides is 1. The van der Waals surface area contributed by atoms with Gasteiger partial charge in [-0.1, -0.05) is 12.1 Å². The lowest BCUT2D eigenvalue weighted by Crippen LogP contribution is -2.50. The lowest BCUT2D eigenvalue weighted by atomic mass is 10.1. The molecule has 8 heteroatoms. The number of hydrogen-bond donors (Lipinski definition) is 1. The summed E-state index contributed by atoms with van der Waals surface area (Å²) in [4.78, 5) is 21.6. The predicted octanol–water partition coefficient (Wildman–Crippen LogP) is 4.02. The topological polar surface area (TPSA) is 72.8 Å². The first-order chi connectivity index (χ1) is 12.8. The molecule has 2 rings (SSSR count). The van der Waals surface area contributed by atoms with Gasteiger partial charge in [0.1, 0.15) is 19.0 Å². The second kappa shape index (κ2) is 9.64. The third-order valence-corrected chi connectivity index (χ3v) is 4.06. The zero-order valence-corrected chi connectivity index (χ0v) is 17.1. The van der Waals surface area contributed by atoms with Crippen molar-refractivity contribution < 1.29 is 18.8 Å². The number of oxime groups is 1. The van der Waals surface area contributed by atoms with Crippen LogP contribution in [-0.2, 0) is 9.63 Å². The van der Waals surface area contributed by atoms with E-state index in [1.54, 1.807) is 26.1 Å². The molecule has 0 aliphatic carbocycles. The summed E-state index contributed by atoms with van der Waals surface area (Å²) in [6.07, 6.45) is 2.98. The quantitative estimate of drug-likeness (QED) is 0.363. The Labute approximate surface area is 166 Å². The van der Waals surface area contributed by atoms with E-state index < -0.39 is 18.3 Å². The molecule has 1 heterocycles. The van der Waals surface area contributed by atoms with Gasteiger partial charge in [0.05, 0.1) is 17.3 Å². The van der Waals surface area contributed by atoms with Gasteiger partial charge < -0.3 is 14.9 Å². The number of aromatic nitrogens is 1. The van der Waals surface area contributed by atoms with Gasteiger partial charge in [-0.2, -0.15) is 0 Å². The fourth-order valence-corrected chi connectivity index (χ4v) is 2.68. The standard InChI is InChI=1S/C19H23BrFN3O3/c1-4-17(18(25)24-19(2,3)12-23-26-8-7-21)27-15-5-6-16-13(10-15)9-14(20)11-22-16/h5-6,9-12,17H,4,7-8H2,1-3H3,(H,24,25)/b23-12+. The lowest BCUT2D eigenvalue weighted by molar-refractivity contribution is -0.129. The Bertz CT molecular complexity index is 814. The Kier molecular flexibility index (Phi) is 7.53. The van der Waals surface area contributed by atoms with Crippen molar-refractivity contribution >= 4 is 39.0 Å². The summed E-state index contributed by atoms with van der Waals surface area (Å²) >= 11 is 3.40. The van der Waals surface area contributed by atoms with Crippen molar-refractivity contribution in [3.8, 4) is 5.75 Å². The van der Waals surface area contributed by atoms with Crippen LogP contribution < -0.4 is 10.1 Å². The zero-order chi connectivity index (χ0) is 19.9. The summed E-state index contributed by atoms with van der Waals surface area (Å²) in [6.45, 7) is 4.66. The molecule has 0 saturated heterocycles. The van der Waals surface area contributed by atoms with Gasteiger partial charge in [0.15, 0.2) is 6.10 Å². The third-order valence-electron chi connectivity index (χ3n) is 3.62. The molecular weight excluding hydrogens is 417 g/mol. The smallest absolute Gasteiger partial charge is 0.261 e. The molecule has 146 valence electrons. The molecule has 6 nitrogen and oxygen atoms in total. The van der Waals surface area contributed by atoms with Crippen LogP contribution in [0.5, 0.6) is 5.75 Å². The van der Waals surface area contributed by atoms with Crippen LogP contribution in [0, 0.1) is 0 Å². The number of nitrogens with one attached hydrogen (secondary N) is 1. The number of fused-ring (bicyclic) bond motifs is 1. The minimum absolute atomic E-state index is 0.117. The molecule has 0 fully saturated rings. The molecule has 0 spiro atoms. The highest BCUT2D eigenvalue weighted by molar-refractivity contribution is 9.10. The minimum Gasteiger partial charge on any atom is -0.481 e. The molecule has 27 heavy (non-hydrogen) atoms. The molecule has 0 radical (unpaired) electrons. The van der Waals surface area contributed by atoms with Gasteiger partial charge in [0, 0.05) is 16.1 Å². The maximum atomic E-state index is 12.6. The van der Waals surface area contributed by atoms with Crippen molar-refractivity contribution in [1.29, 1.82) is 0 Å². The highest BCUT2D eigenvalue weighted by Crippen LogP contribution is 2.23. The number of halogens is 2. The summed E-state index contributed by atoms with van der Waals surface area (Å²) in [6, 6.07) is 7.42. The van der Waals surface area contributed by atoms with Crippen molar-refractivity contribution in [2.24, 2.45) is 5.16 Å². The number of hydrogen-bond acceptors (Lipinski definition) is 5. The van der Waals surface area contributed by atoms with Crippen LogP contribution in [-0.4, -0.2) is 42.0 Å². The van der Waals surface area contributed by atoms with E-state index in [1.807, 2.05) is 25.1 Å². The van der Waals surface area contributed by atoms with Crippen molar-refractivity contribution in [3.05, 3.63) is 34.9 Å². The molecule has 1 atom stereocenters. The highest BCUT2D eigenvalue weighted by atomic mass is 79.9. The summed E-state index contributed by atoms with van der Waals surface area (Å²) in [5, 5.41) is 7.42. The number of carbonyl (C=O) groups excluding carboxylic acids is 1. The average Bonchev–Trinajstić information content (AvgIpc) is 2.62. The van der Waals surface area contributed by atoms with Gasteiger partial charge in [-0.25, -0.2) is 4.39 Å². The van der Waals surface area contributed by atoms with Crippen LogP contribution in [0.3, 0.4) is 0 Å². The Balaban J connectivity index is 2.05. The third kappa shape index (κ3) is 6.46. The van der Waals surface area contributed by atoms with E-state index in [0.717, 1.165) is 15.4 Å².